The van der Waals surface area contributed by atoms with E-state index in [1.807, 2.05) is 37.3 Å². The number of nitrogen functional groups attached to an aromatic ring is 1. The van der Waals surface area contributed by atoms with Gasteiger partial charge in [0.2, 0.25) is 11.9 Å². The van der Waals surface area contributed by atoms with Crippen molar-refractivity contribution in [2.75, 3.05) is 42.1 Å². The standard InChI is InChI=1S/C19H22N10O/c1-12(17(22)30)27-5-7-28(8-6-27)14-4-2-3-13(9-14)24-19-25-16(21)18-23-11-15(10-20)29(18)26-19/h2-4,9,11-12H,5-8H2,1H3,(H2,22,30)(H3,21,24,25,26). The van der Waals surface area contributed by atoms with E-state index in [1.54, 1.807) is 0 Å². The fourth-order valence-corrected chi connectivity index (χ4v) is 3.49. The predicted molar refractivity (Wildman–Crippen MR) is 112 cm³/mol. The summed E-state index contributed by atoms with van der Waals surface area (Å²) in [6.07, 6.45) is 1.41. The van der Waals surface area contributed by atoms with Crippen LogP contribution in [0.15, 0.2) is 30.5 Å². The Bertz CT molecular complexity index is 1130. The maximum absolute atomic E-state index is 11.4. The van der Waals surface area contributed by atoms with Gasteiger partial charge in [-0.15, -0.1) is 5.10 Å². The van der Waals surface area contributed by atoms with Crippen LogP contribution in [0.2, 0.25) is 0 Å². The van der Waals surface area contributed by atoms with Crippen molar-refractivity contribution in [3.63, 3.8) is 0 Å². The molecule has 1 aromatic carbocycles. The second-order valence-electron chi connectivity index (χ2n) is 7.09. The maximum Gasteiger partial charge on any atom is 0.247 e. The van der Waals surface area contributed by atoms with Crippen LogP contribution in [-0.4, -0.2) is 62.6 Å². The molecule has 1 atom stereocenters. The fourth-order valence-electron chi connectivity index (χ4n) is 3.49. The highest BCUT2D eigenvalue weighted by Crippen LogP contribution is 2.24. The van der Waals surface area contributed by atoms with Crippen molar-refractivity contribution in [3.05, 3.63) is 36.2 Å². The summed E-state index contributed by atoms with van der Waals surface area (Å²) in [7, 11) is 0. The Balaban J connectivity index is 1.50. The number of piperazine rings is 1. The first-order valence-electron chi connectivity index (χ1n) is 9.53. The van der Waals surface area contributed by atoms with Gasteiger partial charge in [0.05, 0.1) is 12.2 Å². The van der Waals surface area contributed by atoms with Crippen molar-refractivity contribution in [1.82, 2.24) is 24.5 Å². The molecule has 0 saturated carbocycles. The van der Waals surface area contributed by atoms with Crippen LogP contribution in [0.4, 0.5) is 23.1 Å². The predicted octanol–water partition coefficient (Wildman–Crippen LogP) is 0.318. The molecule has 1 aliphatic heterocycles. The van der Waals surface area contributed by atoms with E-state index in [2.05, 4.69) is 30.2 Å². The first kappa shape index (κ1) is 19.4. The van der Waals surface area contributed by atoms with E-state index in [0.717, 1.165) is 37.6 Å². The van der Waals surface area contributed by atoms with Gasteiger partial charge in [0.15, 0.2) is 17.2 Å². The lowest BCUT2D eigenvalue weighted by atomic mass is 10.2. The normalized spacial score (nSPS) is 15.7. The fraction of sp³-hybridized carbons (Fsp3) is 0.316. The Hall–Kier alpha value is -3.91. The number of imidazole rings is 1. The summed E-state index contributed by atoms with van der Waals surface area (Å²) < 4.78 is 1.37. The zero-order chi connectivity index (χ0) is 21.3. The zero-order valence-corrected chi connectivity index (χ0v) is 16.5. The SMILES string of the molecule is CC(C(N)=O)N1CCN(c2cccc(Nc3nc(N)c4ncc(C#N)n4n3)c2)CC1. The molecule has 1 aliphatic rings. The van der Waals surface area contributed by atoms with Gasteiger partial charge < -0.3 is 21.7 Å². The Morgan fingerprint density at radius 2 is 2.07 bits per heavy atom. The third-order valence-electron chi connectivity index (χ3n) is 5.24. The number of hydrogen-bond acceptors (Lipinski definition) is 9. The molecule has 154 valence electrons. The molecule has 0 aliphatic carbocycles. The highest BCUT2D eigenvalue weighted by Gasteiger charge is 2.24. The lowest BCUT2D eigenvalue weighted by Crippen LogP contribution is -2.53. The maximum atomic E-state index is 11.4. The first-order valence-corrected chi connectivity index (χ1v) is 9.53. The van der Waals surface area contributed by atoms with Gasteiger partial charge in [-0.3, -0.25) is 9.69 Å². The first-order chi connectivity index (χ1) is 14.5. The van der Waals surface area contributed by atoms with E-state index in [1.165, 1.54) is 10.7 Å². The van der Waals surface area contributed by atoms with E-state index in [-0.39, 0.29) is 29.4 Å². The molecule has 3 heterocycles. The smallest absolute Gasteiger partial charge is 0.247 e. The van der Waals surface area contributed by atoms with Gasteiger partial charge >= 0.3 is 0 Å². The summed E-state index contributed by atoms with van der Waals surface area (Å²) in [5, 5.41) is 16.6. The Morgan fingerprint density at radius 3 is 2.77 bits per heavy atom. The van der Waals surface area contributed by atoms with Crippen molar-refractivity contribution < 1.29 is 4.79 Å². The molecule has 1 saturated heterocycles. The lowest BCUT2D eigenvalue weighted by Gasteiger charge is -2.38. The second-order valence-corrected chi connectivity index (χ2v) is 7.09. The number of amides is 1. The molecule has 1 fully saturated rings. The number of aromatic nitrogens is 4. The Labute approximate surface area is 172 Å². The Morgan fingerprint density at radius 1 is 1.30 bits per heavy atom. The number of carbonyl (C=O) groups excluding carboxylic acids is 1. The summed E-state index contributed by atoms with van der Waals surface area (Å²) in [6, 6.07) is 9.63. The average Bonchev–Trinajstić information content (AvgIpc) is 3.17. The van der Waals surface area contributed by atoms with Crippen LogP contribution in [0.3, 0.4) is 0 Å². The number of primary amides is 1. The van der Waals surface area contributed by atoms with Gasteiger partial charge in [0, 0.05) is 37.6 Å². The number of hydrogen-bond donors (Lipinski definition) is 3. The molecular weight excluding hydrogens is 384 g/mol. The molecular formula is C19H22N10O. The van der Waals surface area contributed by atoms with E-state index < -0.39 is 0 Å². The van der Waals surface area contributed by atoms with Crippen LogP contribution in [0.5, 0.6) is 0 Å². The molecule has 2 aromatic heterocycles. The number of fused-ring (bicyclic) bond motifs is 1. The minimum atomic E-state index is -0.302. The van der Waals surface area contributed by atoms with E-state index in [9.17, 15) is 10.1 Å². The summed E-state index contributed by atoms with van der Waals surface area (Å²) >= 11 is 0. The van der Waals surface area contributed by atoms with Gasteiger partial charge in [0.25, 0.3) is 0 Å². The quantitative estimate of drug-likeness (QED) is 0.543. The molecule has 0 radical (unpaired) electrons. The van der Waals surface area contributed by atoms with Crippen molar-refractivity contribution in [3.8, 4) is 6.07 Å². The number of rotatable bonds is 5. The van der Waals surface area contributed by atoms with Crippen molar-refractivity contribution in [2.45, 2.75) is 13.0 Å². The van der Waals surface area contributed by atoms with E-state index in [4.69, 9.17) is 11.5 Å². The van der Waals surface area contributed by atoms with E-state index in [0.29, 0.717) is 5.65 Å². The molecule has 30 heavy (non-hydrogen) atoms. The van der Waals surface area contributed by atoms with Gasteiger partial charge in [0.1, 0.15) is 6.07 Å². The number of anilines is 4. The van der Waals surface area contributed by atoms with E-state index >= 15 is 0 Å². The van der Waals surface area contributed by atoms with Gasteiger partial charge in [-0.1, -0.05) is 6.07 Å². The monoisotopic (exact) mass is 406 g/mol. The largest absolute Gasteiger partial charge is 0.380 e. The minimum Gasteiger partial charge on any atom is -0.380 e. The van der Waals surface area contributed by atoms with Crippen LogP contribution in [0, 0.1) is 11.3 Å². The summed E-state index contributed by atoms with van der Waals surface area (Å²) in [5.41, 5.74) is 13.8. The molecule has 4 rings (SSSR count). The van der Waals surface area contributed by atoms with Gasteiger partial charge in [-0.25, -0.2) is 4.98 Å². The highest BCUT2D eigenvalue weighted by atomic mass is 16.1. The third kappa shape index (κ3) is 3.68. The molecule has 3 aromatic rings. The number of benzene rings is 1. The lowest BCUT2D eigenvalue weighted by molar-refractivity contribution is -0.122. The van der Waals surface area contributed by atoms with Crippen LogP contribution in [0.1, 0.15) is 12.6 Å². The van der Waals surface area contributed by atoms with Crippen molar-refractivity contribution in [1.29, 1.82) is 5.26 Å². The van der Waals surface area contributed by atoms with Crippen molar-refractivity contribution >= 4 is 34.7 Å². The molecule has 11 nitrogen and oxygen atoms in total. The van der Waals surface area contributed by atoms with Gasteiger partial charge in [-0.05, 0) is 25.1 Å². The van der Waals surface area contributed by atoms with Crippen molar-refractivity contribution in [2.24, 2.45) is 5.73 Å². The number of nitrogens with one attached hydrogen (secondary N) is 1. The minimum absolute atomic E-state index is 0.185. The van der Waals surface area contributed by atoms with Gasteiger partial charge in [-0.2, -0.15) is 14.8 Å². The molecule has 5 N–H and O–H groups in total. The number of carbonyl (C=O) groups is 1. The number of nitrogens with zero attached hydrogens (tertiary/aromatic N) is 7. The summed E-state index contributed by atoms with van der Waals surface area (Å²) in [6.45, 7) is 4.93. The zero-order valence-electron chi connectivity index (χ0n) is 16.5. The topological polar surface area (TPSA) is 154 Å². The molecule has 0 spiro atoms. The van der Waals surface area contributed by atoms with Crippen LogP contribution in [-0.2, 0) is 4.79 Å². The molecule has 0 bridgehead atoms. The Kier molecular flexibility index (Phi) is 5.07. The molecule has 1 amide bonds. The van der Waals surface area contributed by atoms with Crippen LogP contribution < -0.4 is 21.7 Å². The van der Waals surface area contributed by atoms with Crippen LogP contribution in [0.25, 0.3) is 5.65 Å². The average molecular weight is 406 g/mol. The number of nitrogens with two attached hydrogens (primary N) is 2. The summed E-state index contributed by atoms with van der Waals surface area (Å²) in [4.78, 5) is 24.0. The van der Waals surface area contributed by atoms with Crippen LogP contribution >= 0.6 is 0 Å². The highest BCUT2D eigenvalue weighted by molar-refractivity contribution is 5.79. The third-order valence-corrected chi connectivity index (χ3v) is 5.24. The number of nitriles is 1. The molecule has 1 unspecified atom stereocenters. The second kappa shape index (κ2) is 7.84. The summed E-state index contributed by atoms with van der Waals surface area (Å²) in [5.74, 6) is 0.153. The molecule has 11 heteroatoms.